The normalized spacial score (nSPS) is 17.0. The van der Waals surface area contributed by atoms with Crippen molar-refractivity contribution in [3.8, 4) is 0 Å². The highest BCUT2D eigenvalue weighted by molar-refractivity contribution is 8.18. The van der Waals surface area contributed by atoms with E-state index in [1.165, 1.54) is 11.8 Å². The van der Waals surface area contributed by atoms with E-state index in [0.717, 1.165) is 48.1 Å². The van der Waals surface area contributed by atoms with E-state index in [0.29, 0.717) is 15.7 Å². The number of carbonyl (C=O) groups excluding carboxylic acids is 1. The van der Waals surface area contributed by atoms with Gasteiger partial charge in [0.1, 0.15) is 4.91 Å². The highest BCUT2D eigenvalue weighted by Gasteiger charge is 2.35. The third kappa shape index (κ3) is 3.44. The number of fused-ring (bicyclic) bond motifs is 1. The number of likely N-dealkylation sites (N-methyl/N-ethyl adjacent to an activating group) is 1. The summed E-state index contributed by atoms with van der Waals surface area (Å²) in [6.07, 6.45) is 2.89. The van der Waals surface area contributed by atoms with Gasteiger partial charge in [-0.3, -0.25) is 9.79 Å². The predicted molar refractivity (Wildman–Crippen MR) is 103 cm³/mol. The molecule has 1 amide bonds. The first-order valence-corrected chi connectivity index (χ1v) is 9.55. The number of hydrogen-bond acceptors (Lipinski definition) is 4. The molecule has 3 rings (SSSR count). The zero-order valence-corrected chi connectivity index (χ0v) is 16.0. The van der Waals surface area contributed by atoms with Crippen molar-refractivity contribution in [2.75, 3.05) is 25.0 Å². The second kappa shape index (κ2) is 7.38. The van der Waals surface area contributed by atoms with Crippen molar-refractivity contribution < 1.29 is 4.79 Å². The van der Waals surface area contributed by atoms with Crippen molar-refractivity contribution in [1.29, 1.82) is 0 Å². The average molecular weight is 384 g/mol. The van der Waals surface area contributed by atoms with Crippen LogP contribution in [0.25, 0.3) is 0 Å². The number of anilines is 1. The molecule has 0 radical (unpaired) electrons. The Hall–Kier alpha value is -1.17. The van der Waals surface area contributed by atoms with E-state index in [2.05, 4.69) is 16.8 Å². The second-order valence-electron chi connectivity index (χ2n) is 5.79. The second-order valence-corrected chi connectivity index (χ2v) is 7.64. The Morgan fingerprint density at radius 1 is 1.33 bits per heavy atom. The van der Waals surface area contributed by atoms with Gasteiger partial charge in [-0.25, -0.2) is 0 Å². The molecule has 0 N–H and O–H groups in total. The summed E-state index contributed by atoms with van der Waals surface area (Å²) in [4.78, 5) is 22.2. The van der Waals surface area contributed by atoms with Crippen LogP contribution in [0.15, 0.2) is 33.8 Å². The van der Waals surface area contributed by atoms with Crippen LogP contribution in [0.2, 0.25) is 10.0 Å². The molecular formula is C17H19Cl2N3OS. The molecule has 1 aromatic carbocycles. The highest BCUT2D eigenvalue weighted by atomic mass is 35.5. The van der Waals surface area contributed by atoms with E-state index in [-0.39, 0.29) is 5.91 Å². The molecule has 0 saturated heterocycles. The van der Waals surface area contributed by atoms with Crippen LogP contribution in [0.4, 0.5) is 5.69 Å². The quantitative estimate of drug-likeness (QED) is 0.750. The number of rotatable bonds is 4. The number of nitrogens with zero attached hydrogens (tertiary/aromatic N) is 3. The highest BCUT2D eigenvalue weighted by Crippen LogP contribution is 2.39. The fourth-order valence-corrected chi connectivity index (χ4v) is 4.57. The van der Waals surface area contributed by atoms with Crippen LogP contribution in [-0.4, -0.2) is 36.1 Å². The first-order chi connectivity index (χ1) is 11.5. The van der Waals surface area contributed by atoms with Gasteiger partial charge < -0.3 is 9.80 Å². The van der Waals surface area contributed by atoms with Crippen LogP contribution in [0.3, 0.4) is 0 Å². The zero-order chi connectivity index (χ0) is 17.3. The molecule has 2 heterocycles. The third-order valence-electron chi connectivity index (χ3n) is 4.02. The number of thioether (sulfide) groups is 1. The molecular weight excluding hydrogens is 365 g/mol. The molecule has 24 heavy (non-hydrogen) atoms. The lowest BCUT2D eigenvalue weighted by atomic mass is 10.2. The van der Waals surface area contributed by atoms with Gasteiger partial charge in [0.05, 0.1) is 0 Å². The molecule has 0 saturated carbocycles. The average Bonchev–Trinajstić information content (AvgIpc) is 2.92. The number of amidine groups is 1. The maximum atomic E-state index is 13.1. The van der Waals surface area contributed by atoms with E-state index < -0.39 is 0 Å². The predicted octanol–water partition coefficient (Wildman–Crippen LogP) is 4.78. The van der Waals surface area contributed by atoms with E-state index >= 15 is 0 Å². The minimum atomic E-state index is -0.0427. The van der Waals surface area contributed by atoms with Crippen molar-refractivity contribution in [2.24, 2.45) is 4.99 Å². The van der Waals surface area contributed by atoms with Crippen molar-refractivity contribution in [3.63, 3.8) is 0 Å². The lowest BCUT2D eigenvalue weighted by Gasteiger charge is -2.25. The number of aliphatic imine (C=N–C) groups is 1. The monoisotopic (exact) mass is 383 g/mol. The summed E-state index contributed by atoms with van der Waals surface area (Å²) >= 11 is 13.6. The number of carbonyl (C=O) groups is 1. The number of allylic oxidation sites excluding steroid dienone is 1. The molecule has 0 aliphatic carbocycles. The summed E-state index contributed by atoms with van der Waals surface area (Å²) in [5.74, 6) is -0.0427. The van der Waals surface area contributed by atoms with Gasteiger partial charge >= 0.3 is 0 Å². The van der Waals surface area contributed by atoms with Gasteiger partial charge in [0.25, 0.3) is 5.91 Å². The maximum absolute atomic E-state index is 13.1. The lowest BCUT2D eigenvalue weighted by Crippen LogP contribution is -2.30. The van der Waals surface area contributed by atoms with Crippen molar-refractivity contribution in [1.82, 2.24) is 4.90 Å². The fraction of sp³-hybridized carbons (Fsp3) is 0.412. The molecule has 0 unspecified atom stereocenters. The molecule has 1 aromatic rings. The van der Waals surface area contributed by atoms with E-state index in [9.17, 15) is 4.79 Å². The van der Waals surface area contributed by atoms with Crippen molar-refractivity contribution in [3.05, 3.63) is 38.8 Å². The Morgan fingerprint density at radius 2 is 2.04 bits per heavy atom. The summed E-state index contributed by atoms with van der Waals surface area (Å²) in [6.45, 7) is 3.89. The van der Waals surface area contributed by atoms with Crippen molar-refractivity contribution in [2.45, 2.75) is 26.2 Å². The minimum absolute atomic E-state index is 0.0427. The van der Waals surface area contributed by atoms with Gasteiger partial charge in [0.2, 0.25) is 0 Å². The van der Waals surface area contributed by atoms with E-state index in [4.69, 9.17) is 23.2 Å². The molecule has 0 atom stereocenters. The Morgan fingerprint density at radius 3 is 2.71 bits per heavy atom. The van der Waals surface area contributed by atoms with Crippen molar-refractivity contribution >= 4 is 51.7 Å². The van der Waals surface area contributed by atoms with Crippen LogP contribution in [0.5, 0.6) is 0 Å². The van der Waals surface area contributed by atoms with Gasteiger partial charge in [-0.05, 0) is 42.8 Å². The van der Waals surface area contributed by atoms with Gasteiger partial charge in [-0.1, -0.05) is 36.5 Å². The van der Waals surface area contributed by atoms with Gasteiger partial charge in [0.15, 0.2) is 5.17 Å². The Bertz CT molecular complexity index is 712. The van der Waals surface area contributed by atoms with E-state index in [1.54, 1.807) is 30.1 Å². The summed E-state index contributed by atoms with van der Waals surface area (Å²) in [7, 11) is 1.75. The van der Waals surface area contributed by atoms with Crippen LogP contribution in [0, 0.1) is 0 Å². The van der Waals surface area contributed by atoms with Crippen LogP contribution in [-0.2, 0) is 4.79 Å². The number of hydrogen-bond donors (Lipinski definition) is 0. The zero-order valence-electron chi connectivity index (χ0n) is 13.7. The summed E-state index contributed by atoms with van der Waals surface area (Å²) in [5.41, 5.74) is 1.78. The Kier molecular flexibility index (Phi) is 5.42. The molecule has 2 aliphatic heterocycles. The third-order valence-corrected chi connectivity index (χ3v) is 5.60. The van der Waals surface area contributed by atoms with Gasteiger partial charge in [0, 0.05) is 41.6 Å². The SMILES string of the molecule is CCCC1=C(C(=O)N(C)c2cc(Cl)cc(Cl)c2)SC2=NCCCN21. The van der Waals surface area contributed by atoms with Crippen LogP contribution in [0.1, 0.15) is 26.2 Å². The summed E-state index contributed by atoms with van der Waals surface area (Å²) in [5, 5.41) is 1.98. The van der Waals surface area contributed by atoms with Gasteiger partial charge in [-0.2, -0.15) is 0 Å². The first kappa shape index (κ1) is 17.6. The smallest absolute Gasteiger partial charge is 0.266 e. The molecule has 0 spiro atoms. The molecule has 0 bridgehead atoms. The number of amides is 1. The largest absolute Gasteiger partial charge is 0.323 e. The minimum Gasteiger partial charge on any atom is -0.323 e. The number of halogens is 2. The molecule has 0 fully saturated rings. The lowest BCUT2D eigenvalue weighted by molar-refractivity contribution is -0.114. The molecule has 128 valence electrons. The van der Waals surface area contributed by atoms with Crippen LogP contribution >= 0.6 is 35.0 Å². The first-order valence-electron chi connectivity index (χ1n) is 7.98. The van der Waals surface area contributed by atoms with E-state index in [1.807, 2.05) is 0 Å². The van der Waals surface area contributed by atoms with Crippen LogP contribution < -0.4 is 4.90 Å². The summed E-state index contributed by atoms with van der Waals surface area (Å²) in [6, 6.07) is 5.15. The molecule has 0 aromatic heterocycles. The summed E-state index contributed by atoms with van der Waals surface area (Å²) < 4.78 is 0. The molecule has 7 heteroatoms. The number of benzene rings is 1. The van der Waals surface area contributed by atoms with Gasteiger partial charge in [-0.15, -0.1) is 0 Å². The standard InChI is InChI=1S/C17H19Cl2N3OS/c1-3-5-14-15(24-17-20-6-4-7-22(14)17)16(23)21(2)13-9-11(18)8-12(19)10-13/h8-10H,3-7H2,1-2H3. The fourth-order valence-electron chi connectivity index (χ4n) is 2.85. The molecule has 2 aliphatic rings. The Balaban J connectivity index is 1.93. The Labute approximate surface area is 156 Å². The topological polar surface area (TPSA) is 35.9 Å². The molecule has 4 nitrogen and oxygen atoms in total. The maximum Gasteiger partial charge on any atom is 0.266 e.